The van der Waals surface area contributed by atoms with Crippen molar-refractivity contribution in [3.8, 4) is 17.2 Å². The molecule has 0 aliphatic carbocycles. The first-order valence-electron chi connectivity index (χ1n) is 14.5. The van der Waals surface area contributed by atoms with Gasteiger partial charge in [0.1, 0.15) is 30.5 Å². The number of methoxy groups -OCH3 is 3. The predicted molar refractivity (Wildman–Crippen MR) is 168 cm³/mol. The van der Waals surface area contributed by atoms with Gasteiger partial charge in [0.25, 0.3) is 0 Å². The van der Waals surface area contributed by atoms with E-state index in [1.807, 2.05) is 0 Å². The van der Waals surface area contributed by atoms with Crippen molar-refractivity contribution in [1.82, 2.24) is 4.98 Å². The number of ether oxygens (including phenoxy) is 8. The first-order valence-corrected chi connectivity index (χ1v) is 14.5. The Morgan fingerprint density at radius 1 is 0.622 bits per heavy atom. The summed E-state index contributed by atoms with van der Waals surface area (Å²) in [6, 6.07) is 14.0. The third-order valence-electron chi connectivity index (χ3n) is 6.85. The summed E-state index contributed by atoms with van der Waals surface area (Å²) in [4.78, 5) is 31.0. The van der Waals surface area contributed by atoms with Gasteiger partial charge in [-0.3, -0.25) is 0 Å². The molecule has 11 nitrogen and oxygen atoms in total. The molecule has 3 aromatic carbocycles. The van der Waals surface area contributed by atoms with Crippen LogP contribution in [0.15, 0.2) is 48.5 Å². The molecule has 0 fully saturated rings. The van der Waals surface area contributed by atoms with Crippen LogP contribution in [0.3, 0.4) is 0 Å². The molecule has 0 amide bonds. The van der Waals surface area contributed by atoms with Crippen molar-refractivity contribution < 1.29 is 47.5 Å². The highest BCUT2D eigenvalue weighted by Crippen LogP contribution is 2.33. The van der Waals surface area contributed by atoms with Crippen LogP contribution in [0, 0.1) is 13.8 Å². The number of rotatable bonds is 17. The Morgan fingerprint density at radius 2 is 1.11 bits per heavy atom. The van der Waals surface area contributed by atoms with Crippen LogP contribution in [0.25, 0.3) is 21.8 Å². The molecule has 0 saturated heterocycles. The van der Waals surface area contributed by atoms with E-state index >= 15 is 0 Å². The zero-order valence-corrected chi connectivity index (χ0v) is 26.3. The van der Waals surface area contributed by atoms with Crippen molar-refractivity contribution in [3.63, 3.8) is 0 Å². The van der Waals surface area contributed by atoms with E-state index in [0.29, 0.717) is 114 Å². The van der Waals surface area contributed by atoms with Crippen LogP contribution in [-0.4, -0.2) is 91.1 Å². The molecular weight excluding hydrogens is 582 g/mol. The Kier molecular flexibility index (Phi) is 12.5. The van der Waals surface area contributed by atoms with Gasteiger partial charge in [0.15, 0.2) is 0 Å². The van der Waals surface area contributed by atoms with Gasteiger partial charge in [0, 0.05) is 25.0 Å². The van der Waals surface area contributed by atoms with Gasteiger partial charge in [-0.1, -0.05) is 0 Å². The molecule has 1 aromatic heterocycles. The highest BCUT2D eigenvalue weighted by molar-refractivity contribution is 6.15. The Hall–Kier alpha value is -4.29. The molecule has 240 valence electrons. The zero-order chi connectivity index (χ0) is 32.2. The molecule has 0 aliphatic heterocycles. The zero-order valence-electron chi connectivity index (χ0n) is 26.3. The molecule has 0 spiro atoms. The number of carbonyl (C=O) groups excluding carboxylic acids is 2. The highest BCUT2D eigenvalue weighted by Gasteiger charge is 2.22. The van der Waals surface area contributed by atoms with E-state index in [4.69, 9.17) is 42.9 Å². The number of pyridine rings is 1. The van der Waals surface area contributed by atoms with E-state index in [1.54, 1.807) is 76.6 Å². The van der Waals surface area contributed by atoms with Crippen molar-refractivity contribution in [2.75, 3.05) is 74.2 Å². The van der Waals surface area contributed by atoms with Crippen LogP contribution in [0.5, 0.6) is 17.2 Å². The van der Waals surface area contributed by atoms with Crippen molar-refractivity contribution >= 4 is 33.7 Å². The van der Waals surface area contributed by atoms with Crippen LogP contribution in [0.2, 0.25) is 0 Å². The van der Waals surface area contributed by atoms with E-state index in [1.165, 1.54) is 7.11 Å². The third kappa shape index (κ3) is 8.89. The minimum absolute atomic E-state index is 0.300. The maximum absolute atomic E-state index is 14.1. The molecule has 4 rings (SSSR count). The van der Waals surface area contributed by atoms with E-state index in [-0.39, 0.29) is 0 Å². The van der Waals surface area contributed by atoms with Gasteiger partial charge < -0.3 is 37.9 Å². The molecule has 0 saturated carbocycles. The lowest BCUT2D eigenvalue weighted by molar-refractivity contribution is 0.0544. The molecule has 45 heavy (non-hydrogen) atoms. The van der Waals surface area contributed by atoms with Gasteiger partial charge in [0.2, 0.25) is 0 Å². The second kappa shape index (κ2) is 16.7. The van der Waals surface area contributed by atoms with E-state index in [9.17, 15) is 9.59 Å². The first-order chi connectivity index (χ1) is 21.9. The van der Waals surface area contributed by atoms with Crippen LogP contribution < -0.4 is 14.2 Å². The van der Waals surface area contributed by atoms with E-state index in [2.05, 4.69) is 0 Å². The minimum Gasteiger partial charge on any atom is -0.491 e. The Bertz CT molecular complexity index is 1520. The fraction of sp³-hybridized carbons (Fsp3) is 0.382. The number of nitrogens with zero attached hydrogens (tertiary/aromatic N) is 1. The lowest BCUT2D eigenvalue weighted by Crippen LogP contribution is -2.14. The summed E-state index contributed by atoms with van der Waals surface area (Å²) >= 11 is 0. The van der Waals surface area contributed by atoms with E-state index in [0.717, 1.165) is 0 Å². The summed E-state index contributed by atoms with van der Waals surface area (Å²) in [6.07, 6.45) is 0. The molecule has 0 unspecified atom stereocenters. The topological polar surface area (TPSA) is 121 Å². The second-order valence-corrected chi connectivity index (χ2v) is 10.1. The van der Waals surface area contributed by atoms with Crippen molar-refractivity contribution in [1.29, 1.82) is 0 Å². The van der Waals surface area contributed by atoms with Gasteiger partial charge in [-0.15, -0.1) is 0 Å². The monoisotopic (exact) mass is 621 g/mol. The van der Waals surface area contributed by atoms with Gasteiger partial charge in [-0.2, -0.15) is 0 Å². The number of fused-ring (bicyclic) bond motifs is 2. The number of aryl methyl sites for hydroxylation is 2. The maximum Gasteiger partial charge on any atom is 0.344 e. The summed E-state index contributed by atoms with van der Waals surface area (Å²) < 4.78 is 43.7. The molecule has 1 heterocycles. The Labute approximate surface area is 262 Å². The molecule has 0 atom stereocenters. The molecule has 0 bridgehead atoms. The van der Waals surface area contributed by atoms with Crippen molar-refractivity contribution in [3.05, 3.63) is 70.8 Å². The summed E-state index contributed by atoms with van der Waals surface area (Å²) in [5.41, 5.74) is 3.08. The second-order valence-electron chi connectivity index (χ2n) is 10.1. The first kappa shape index (κ1) is 33.6. The summed E-state index contributed by atoms with van der Waals surface area (Å²) in [7, 11) is 4.55. The van der Waals surface area contributed by atoms with Crippen LogP contribution in [-0.2, 0) is 23.7 Å². The Morgan fingerprint density at radius 3 is 1.58 bits per heavy atom. The lowest BCUT2D eigenvalue weighted by Gasteiger charge is -2.16. The van der Waals surface area contributed by atoms with Gasteiger partial charge >= 0.3 is 11.9 Å². The average molecular weight is 622 g/mol. The average Bonchev–Trinajstić information content (AvgIpc) is 3.04. The van der Waals surface area contributed by atoms with Crippen LogP contribution in [0.4, 0.5) is 0 Å². The van der Waals surface area contributed by atoms with E-state index < -0.39 is 11.9 Å². The predicted octanol–water partition coefficient (Wildman–Crippen LogP) is 5.09. The maximum atomic E-state index is 14.1. The van der Waals surface area contributed by atoms with Gasteiger partial charge in [-0.05, 0) is 73.5 Å². The summed E-state index contributed by atoms with van der Waals surface area (Å²) in [6.45, 7) is 6.84. The van der Waals surface area contributed by atoms with Crippen LogP contribution in [0.1, 0.15) is 31.8 Å². The molecular formula is C34H39NO10. The highest BCUT2D eigenvalue weighted by atomic mass is 16.6. The largest absolute Gasteiger partial charge is 0.491 e. The molecule has 0 N–H and O–H groups in total. The van der Waals surface area contributed by atoms with Crippen molar-refractivity contribution in [2.45, 2.75) is 13.8 Å². The van der Waals surface area contributed by atoms with Gasteiger partial charge in [0.05, 0.1) is 68.9 Å². The van der Waals surface area contributed by atoms with Gasteiger partial charge in [-0.25, -0.2) is 14.6 Å². The lowest BCUT2D eigenvalue weighted by atomic mass is 10.0. The number of aromatic nitrogens is 1. The Balaban J connectivity index is 1.70. The number of esters is 2. The normalized spacial score (nSPS) is 11.1. The quantitative estimate of drug-likeness (QED) is 0.0678. The summed E-state index contributed by atoms with van der Waals surface area (Å²) in [5.74, 6) is 0.377. The third-order valence-corrected chi connectivity index (χ3v) is 6.85. The van der Waals surface area contributed by atoms with Crippen LogP contribution >= 0.6 is 0 Å². The molecule has 0 radical (unpaired) electrons. The smallest absolute Gasteiger partial charge is 0.344 e. The number of hydrogen-bond acceptors (Lipinski definition) is 11. The van der Waals surface area contributed by atoms with Crippen molar-refractivity contribution in [2.24, 2.45) is 0 Å². The fourth-order valence-electron chi connectivity index (χ4n) is 4.72. The minimum atomic E-state index is -0.593. The molecule has 11 heteroatoms. The standard InChI is InChI=1S/C34H39NO10/c1-22-18-24(33(36)40-5)19-23(2)32(22)45-34(37)31-27-20-25(43-16-14-41-12-10-38-3)6-8-29(27)35-30-9-7-26(21-28(30)31)44-17-15-42-13-11-39-4/h6-9,18-21H,10-17H2,1-5H3. The number of carbonyl (C=O) groups is 2. The summed E-state index contributed by atoms with van der Waals surface area (Å²) in [5, 5.41) is 1.10. The molecule has 4 aromatic rings. The molecule has 0 aliphatic rings. The fourth-order valence-corrected chi connectivity index (χ4v) is 4.72. The number of benzene rings is 3. The number of hydrogen-bond donors (Lipinski definition) is 0. The SMILES string of the molecule is COCCOCCOc1ccc2nc3ccc(OCCOCCOC)cc3c(C(=O)Oc3c(C)cc(C(=O)OC)cc3C)c2c1.